The van der Waals surface area contributed by atoms with Crippen molar-refractivity contribution in [3.05, 3.63) is 91.7 Å². The lowest BCUT2D eigenvalue weighted by Gasteiger charge is -2.29. The number of carbonyl (C=O) groups is 1. The first-order chi connectivity index (χ1) is 21.0. The van der Waals surface area contributed by atoms with E-state index in [1.807, 2.05) is 45.2 Å². The Bertz CT molecular complexity index is 1640. The number of para-hydroxylation sites is 1. The molecule has 4 aromatic rings. The highest BCUT2D eigenvalue weighted by molar-refractivity contribution is 7.13. The second kappa shape index (κ2) is 13.2. The number of likely N-dealkylation sites (tertiary alicyclic amines) is 1. The van der Waals surface area contributed by atoms with E-state index in [0.717, 1.165) is 98.2 Å². The number of thiazole rings is 1. The molecule has 0 bridgehead atoms. The summed E-state index contributed by atoms with van der Waals surface area (Å²) >= 11 is 7.59. The summed E-state index contributed by atoms with van der Waals surface area (Å²) in [5.74, 6) is 0.517. The van der Waals surface area contributed by atoms with Crippen LogP contribution in [0.4, 0.5) is 0 Å². The summed E-state index contributed by atoms with van der Waals surface area (Å²) in [6.45, 7) is 5.81. The summed E-state index contributed by atoms with van der Waals surface area (Å²) in [7, 11) is 0. The van der Waals surface area contributed by atoms with Crippen LogP contribution in [0.15, 0.2) is 58.7 Å². The molecule has 5 nitrogen and oxygen atoms in total. The van der Waals surface area contributed by atoms with E-state index in [1.165, 1.54) is 24.2 Å². The number of carbonyl (C=O) groups excluding carboxylic acids is 1. The Balaban J connectivity index is 1.61. The third-order valence-corrected chi connectivity index (χ3v) is 10.3. The molecule has 1 aliphatic carbocycles. The van der Waals surface area contributed by atoms with Crippen LogP contribution >= 0.6 is 22.9 Å². The average molecular weight is 614 g/mol. The lowest BCUT2D eigenvalue weighted by molar-refractivity contribution is 0.0722. The molecule has 3 heterocycles. The molecule has 1 aliphatic heterocycles. The number of halogens is 1. The Labute approximate surface area is 263 Å². The average Bonchev–Trinajstić information content (AvgIpc) is 3.75. The molecule has 0 unspecified atom stereocenters. The van der Waals surface area contributed by atoms with Crippen molar-refractivity contribution >= 4 is 28.8 Å². The van der Waals surface area contributed by atoms with Crippen LogP contribution in [0.3, 0.4) is 0 Å². The minimum Gasteiger partial charge on any atom is -0.339 e. The summed E-state index contributed by atoms with van der Waals surface area (Å²) in [6, 6.07) is 15.8. The number of hydrogen-bond acceptors (Lipinski definition) is 4. The lowest BCUT2D eigenvalue weighted by atomic mass is 9.94. The molecule has 2 aromatic carbocycles. The van der Waals surface area contributed by atoms with Gasteiger partial charge in [-0.3, -0.25) is 14.2 Å². The molecule has 1 saturated carbocycles. The van der Waals surface area contributed by atoms with Crippen LogP contribution in [0.1, 0.15) is 86.0 Å². The van der Waals surface area contributed by atoms with Crippen LogP contribution in [0.2, 0.25) is 5.02 Å². The van der Waals surface area contributed by atoms with Crippen molar-refractivity contribution in [1.29, 1.82) is 0 Å². The van der Waals surface area contributed by atoms with E-state index in [9.17, 15) is 9.59 Å². The van der Waals surface area contributed by atoms with E-state index in [2.05, 4.69) is 32.0 Å². The highest BCUT2D eigenvalue weighted by Gasteiger charge is 2.30. The number of pyridine rings is 1. The summed E-state index contributed by atoms with van der Waals surface area (Å²) < 4.78 is 1.94. The number of hydrogen-bond donors (Lipinski definition) is 0. The lowest BCUT2D eigenvalue weighted by Crippen LogP contribution is -2.38. The Morgan fingerprint density at radius 2 is 1.63 bits per heavy atom. The van der Waals surface area contributed by atoms with Crippen LogP contribution < -0.4 is 5.56 Å². The quantitative estimate of drug-likeness (QED) is 0.200. The van der Waals surface area contributed by atoms with Gasteiger partial charge in [0.1, 0.15) is 5.01 Å². The Hall–Kier alpha value is -3.22. The Morgan fingerprint density at radius 1 is 0.953 bits per heavy atom. The summed E-state index contributed by atoms with van der Waals surface area (Å²) in [5.41, 5.74) is 6.90. The zero-order valence-electron chi connectivity index (χ0n) is 25.2. The van der Waals surface area contributed by atoms with Crippen molar-refractivity contribution < 1.29 is 4.79 Å². The second-order valence-electron chi connectivity index (χ2n) is 11.9. The maximum absolute atomic E-state index is 14.8. The molecule has 2 fully saturated rings. The molecule has 1 amide bonds. The SMILES string of the molecule is CCc1cccc(CC)c1-n1c(CC2CCCC2)c(C(=O)N2CCCCC2)cc(-c2nc(-c3ccc(Cl)cc3)cs2)c1=O. The molecule has 2 aliphatic rings. The normalized spacial score (nSPS) is 15.7. The fourth-order valence-electron chi connectivity index (χ4n) is 6.84. The first-order valence-corrected chi connectivity index (χ1v) is 17.1. The van der Waals surface area contributed by atoms with Crippen molar-refractivity contribution in [3.8, 4) is 27.5 Å². The highest BCUT2D eigenvalue weighted by atomic mass is 35.5. The predicted octanol–water partition coefficient (Wildman–Crippen LogP) is 8.77. The van der Waals surface area contributed by atoms with Crippen LogP contribution in [-0.4, -0.2) is 33.4 Å². The minimum atomic E-state index is -0.0872. The second-order valence-corrected chi connectivity index (χ2v) is 13.2. The molecule has 1 saturated heterocycles. The monoisotopic (exact) mass is 613 g/mol. The minimum absolute atomic E-state index is 0.0456. The number of aryl methyl sites for hydroxylation is 2. The van der Waals surface area contributed by atoms with Crippen molar-refractivity contribution in [2.45, 2.75) is 78.1 Å². The van der Waals surface area contributed by atoms with Crippen LogP contribution in [0, 0.1) is 5.92 Å². The van der Waals surface area contributed by atoms with E-state index in [4.69, 9.17) is 16.6 Å². The molecule has 43 heavy (non-hydrogen) atoms. The van der Waals surface area contributed by atoms with Gasteiger partial charge in [0.2, 0.25) is 0 Å². The molecule has 224 valence electrons. The largest absolute Gasteiger partial charge is 0.339 e. The summed E-state index contributed by atoms with van der Waals surface area (Å²) in [6.07, 6.45) is 10.2. The van der Waals surface area contributed by atoms with Gasteiger partial charge >= 0.3 is 0 Å². The third-order valence-electron chi connectivity index (χ3n) is 9.20. The van der Waals surface area contributed by atoms with Crippen molar-refractivity contribution in [3.63, 3.8) is 0 Å². The standard InChI is InChI=1S/C36H40ClN3O2S/c1-3-25-13-10-14-26(4-2)33(25)40-32(21-24-11-6-7-12-24)29(35(41)39-19-8-5-9-20-39)22-30(36(40)42)34-38-31(23-43-34)27-15-17-28(37)18-16-27/h10,13-18,22-24H,3-9,11-12,19-21H2,1-2H3. The van der Waals surface area contributed by atoms with E-state index in [0.29, 0.717) is 27.1 Å². The van der Waals surface area contributed by atoms with E-state index < -0.39 is 0 Å². The smallest absolute Gasteiger partial charge is 0.265 e. The fourth-order valence-corrected chi connectivity index (χ4v) is 7.80. The molecule has 0 atom stereocenters. The van der Waals surface area contributed by atoms with Gasteiger partial charge in [0.25, 0.3) is 11.5 Å². The number of rotatable bonds is 8. The number of nitrogens with zero attached hydrogens (tertiary/aromatic N) is 3. The van der Waals surface area contributed by atoms with Crippen molar-refractivity contribution in [1.82, 2.24) is 14.5 Å². The van der Waals surface area contributed by atoms with Crippen molar-refractivity contribution in [2.24, 2.45) is 5.92 Å². The number of aromatic nitrogens is 2. The first kappa shape index (κ1) is 29.8. The summed E-state index contributed by atoms with van der Waals surface area (Å²) in [5, 5.41) is 3.29. The molecule has 2 aromatic heterocycles. The maximum Gasteiger partial charge on any atom is 0.265 e. The Morgan fingerprint density at radius 3 is 2.28 bits per heavy atom. The van der Waals surface area contributed by atoms with Gasteiger partial charge in [0, 0.05) is 34.7 Å². The van der Waals surface area contributed by atoms with Crippen LogP contribution in [0.5, 0.6) is 0 Å². The number of amides is 1. The van der Waals surface area contributed by atoms with E-state index >= 15 is 0 Å². The van der Waals surface area contributed by atoms with Gasteiger partial charge < -0.3 is 4.90 Å². The van der Waals surface area contributed by atoms with Gasteiger partial charge in [-0.25, -0.2) is 4.98 Å². The first-order valence-electron chi connectivity index (χ1n) is 15.9. The maximum atomic E-state index is 14.8. The van der Waals surface area contributed by atoms with Gasteiger partial charge in [-0.2, -0.15) is 0 Å². The third kappa shape index (κ3) is 6.09. The van der Waals surface area contributed by atoms with Crippen LogP contribution in [0.25, 0.3) is 27.5 Å². The van der Waals surface area contributed by atoms with Gasteiger partial charge in [0.15, 0.2) is 0 Å². The van der Waals surface area contributed by atoms with E-state index in [1.54, 1.807) is 0 Å². The van der Waals surface area contributed by atoms with Crippen LogP contribution in [-0.2, 0) is 19.3 Å². The molecule has 7 heteroatoms. The van der Waals surface area contributed by atoms with Gasteiger partial charge in [-0.15, -0.1) is 11.3 Å². The zero-order chi connectivity index (χ0) is 29.9. The molecule has 0 radical (unpaired) electrons. The van der Waals surface area contributed by atoms with E-state index in [-0.39, 0.29) is 11.5 Å². The summed E-state index contributed by atoms with van der Waals surface area (Å²) in [4.78, 5) is 36.2. The molecule has 0 spiro atoms. The molecular weight excluding hydrogens is 574 g/mol. The predicted molar refractivity (Wildman–Crippen MR) is 178 cm³/mol. The molecule has 6 rings (SSSR count). The van der Waals surface area contributed by atoms with Gasteiger partial charge in [-0.1, -0.05) is 81.5 Å². The fraction of sp³-hybridized carbons (Fsp3) is 0.417. The number of benzene rings is 2. The van der Waals surface area contributed by atoms with Crippen molar-refractivity contribution in [2.75, 3.05) is 13.1 Å². The number of piperidine rings is 1. The molecular formula is C36H40ClN3O2S. The van der Waals surface area contributed by atoms with Gasteiger partial charge in [0.05, 0.1) is 22.5 Å². The zero-order valence-corrected chi connectivity index (χ0v) is 26.8. The topological polar surface area (TPSA) is 55.2 Å². The molecule has 0 N–H and O–H groups in total. The highest BCUT2D eigenvalue weighted by Crippen LogP contribution is 2.35. The van der Waals surface area contributed by atoms with Gasteiger partial charge in [-0.05, 0) is 73.8 Å². The Kier molecular flexibility index (Phi) is 9.15.